The van der Waals surface area contributed by atoms with Gasteiger partial charge in [0.05, 0.1) is 0 Å². The van der Waals surface area contributed by atoms with Crippen LogP contribution in [0, 0.1) is 5.92 Å². The van der Waals surface area contributed by atoms with Crippen molar-refractivity contribution in [2.24, 2.45) is 5.92 Å². The first-order valence-electron chi connectivity index (χ1n) is 3.89. The Balaban J connectivity index is 2.14. The Kier molecular flexibility index (Phi) is 2.47. The molecule has 1 nitrogen and oxygen atoms in total. The van der Waals surface area contributed by atoms with Crippen LogP contribution in [0.1, 0.15) is 12.8 Å². The number of rotatable bonds is 3. The van der Waals surface area contributed by atoms with Crippen LogP contribution in [0.5, 0.6) is 0 Å². The van der Waals surface area contributed by atoms with Gasteiger partial charge in [0.25, 0.3) is 0 Å². The predicted octanol–water partition coefficient (Wildman–Crippen LogP) is 1.83. The molecule has 0 aliphatic heterocycles. The van der Waals surface area contributed by atoms with Crippen LogP contribution in [0.4, 0.5) is 12.9 Å². The lowest BCUT2D eigenvalue weighted by Crippen LogP contribution is -2.41. The molecule has 1 aliphatic carbocycles. The Bertz CT molecular complexity index is 130. The lowest BCUT2D eigenvalue weighted by atomic mass is 9.67. The highest BCUT2D eigenvalue weighted by Gasteiger charge is 2.34. The number of halogens is 3. The molecule has 0 atom stereocenters. The first-order chi connectivity index (χ1) is 5.01. The minimum atomic E-state index is -4.55. The van der Waals surface area contributed by atoms with Crippen LogP contribution >= 0.6 is 0 Å². The van der Waals surface area contributed by atoms with Crippen LogP contribution < -0.4 is 5.32 Å². The van der Waals surface area contributed by atoms with E-state index in [1.54, 1.807) is 7.05 Å². The molecule has 0 aromatic heterocycles. The maximum Gasteiger partial charge on any atom is 0.478 e. The van der Waals surface area contributed by atoms with E-state index in [9.17, 15) is 12.9 Å². The van der Waals surface area contributed by atoms with Gasteiger partial charge in [0.1, 0.15) is 0 Å². The molecule has 0 heterocycles. The molecular weight excluding hydrogens is 154 g/mol. The first kappa shape index (κ1) is 8.91. The van der Waals surface area contributed by atoms with E-state index in [4.69, 9.17) is 0 Å². The van der Waals surface area contributed by atoms with Gasteiger partial charge in [-0.1, -0.05) is 12.2 Å². The van der Waals surface area contributed by atoms with Crippen molar-refractivity contribution < 1.29 is 12.9 Å². The second-order valence-electron chi connectivity index (χ2n) is 3.27. The summed E-state index contributed by atoms with van der Waals surface area (Å²) in [5, 5.41) is 2.96. The maximum absolute atomic E-state index is 11.8. The quantitative estimate of drug-likeness (QED) is 0.630. The van der Waals surface area contributed by atoms with Gasteiger partial charge in [0, 0.05) is 6.04 Å². The van der Waals surface area contributed by atoms with Gasteiger partial charge in [0.15, 0.2) is 0 Å². The van der Waals surface area contributed by atoms with Crippen LogP contribution in [0.15, 0.2) is 0 Å². The fourth-order valence-electron chi connectivity index (χ4n) is 1.54. The van der Waals surface area contributed by atoms with E-state index >= 15 is 0 Å². The molecular formula is C6H12BF3N-. The van der Waals surface area contributed by atoms with Crippen molar-refractivity contribution in [1.29, 1.82) is 0 Å². The summed E-state index contributed by atoms with van der Waals surface area (Å²) in [5.41, 5.74) is 0. The van der Waals surface area contributed by atoms with Gasteiger partial charge in [-0.05, 0) is 19.9 Å². The van der Waals surface area contributed by atoms with Crippen molar-refractivity contribution in [1.82, 2.24) is 5.32 Å². The Morgan fingerprint density at radius 1 is 1.36 bits per heavy atom. The standard InChI is InChI=1S/C6H12BF3N/c1-11-6-2-5(3-6)4-7(8,9)10/h5-6,11H,2-4H2,1H3/q-1. The zero-order valence-electron chi connectivity index (χ0n) is 6.49. The van der Waals surface area contributed by atoms with E-state index in [2.05, 4.69) is 5.32 Å². The van der Waals surface area contributed by atoms with Gasteiger partial charge in [-0.15, -0.1) is 0 Å². The summed E-state index contributed by atoms with van der Waals surface area (Å²) in [6.07, 6.45) is 0.841. The lowest BCUT2D eigenvalue weighted by Gasteiger charge is -2.37. The molecule has 1 N–H and O–H groups in total. The fraction of sp³-hybridized carbons (Fsp3) is 1.00. The first-order valence-corrected chi connectivity index (χ1v) is 3.89. The van der Waals surface area contributed by atoms with Crippen LogP contribution in [0.3, 0.4) is 0 Å². The van der Waals surface area contributed by atoms with Crippen molar-refractivity contribution >= 4 is 6.98 Å². The molecule has 0 aromatic rings. The largest absolute Gasteiger partial charge is 0.478 e. The monoisotopic (exact) mass is 166 g/mol. The van der Waals surface area contributed by atoms with E-state index in [-0.39, 0.29) is 5.92 Å². The smallest absolute Gasteiger partial charge is 0.449 e. The molecule has 0 amide bonds. The number of nitrogens with one attached hydrogen (secondary N) is 1. The predicted molar refractivity (Wildman–Crippen MR) is 39.5 cm³/mol. The SMILES string of the molecule is CNC1CC(C[B-](F)(F)F)C1. The molecule has 1 fully saturated rings. The molecule has 0 radical (unpaired) electrons. The summed E-state index contributed by atoms with van der Waals surface area (Å²) >= 11 is 0. The average molecular weight is 166 g/mol. The molecule has 5 heteroatoms. The second kappa shape index (κ2) is 3.05. The molecule has 1 rings (SSSR count). The van der Waals surface area contributed by atoms with Crippen molar-refractivity contribution in [3.63, 3.8) is 0 Å². The third kappa shape index (κ3) is 2.73. The van der Waals surface area contributed by atoms with Crippen LogP contribution in [0.25, 0.3) is 0 Å². The summed E-state index contributed by atoms with van der Waals surface area (Å²) in [6, 6.07) is 0.332. The summed E-state index contributed by atoms with van der Waals surface area (Å²) in [5.74, 6) is -0.104. The lowest BCUT2D eigenvalue weighted by molar-refractivity contribution is 0.238. The van der Waals surface area contributed by atoms with Gasteiger partial charge in [0.2, 0.25) is 0 Å². The highest BCUT2D eigenvalue weighted by Crippen LogP contribution is 2.35. The van der Waals surface area contributed by atoms with Crippen LogP contribution in [-0.4, -0.2) is 20.1 Å². The molecule has 11 heavy (non-hydrogen) atoms. The van der Waals surface area contributed by atoms with Crippen molar-refractivity contribution in [3.05, 3.63) is 0 Å². The molecule has 0 saturated heterocycles. The van der Waals surface area contributed by atoms with Gasteiger partial charge in [-0.25, -0.2) is 0 Å². The third-order valence-corrected chi connectivity index (χ3v) is 2.24. The average Bonchev–Trinajstić information content (AvgIpc) is 1.75. The van der Waals surface area contributed by atoms with Gasteiger partial charge >= 0.3 is 6.98 Å². The van der Waals surface area contributed by atoms with Crippen molar-refractivity contribution in [2.75, 3.05) is 7.05 Å². The summed E-state index contributed by atoms with van der Waals surface area (Å²) in [6.45, 7) is -4.55. The second-order valence-corrected chi connectivity index (χ2v) is 3.27. The highest BCUT2D eigenvalue weighted by atomic mass is 19.4. The fourth-order valence-corrected chi connectivity index (χ4v) is 1.54. The Hall–Kier alpha value is -0.185. The minimum Gasteiger partial charge on any atom is -0.449 e. The summed E-state index contributed by atoms with van der Waals surface area (Å²) in [4.78, 5) is 0. The molecule has 0 aromatic carbocycles. The third-order valence-electron chi connectivity index (χ3n) is 2.24. The van der Waals surface area contributed by atoms with E-state index in [1.165, 1.54) is 0 Å². The Morgan fingerprint density at radius 2 is 1.91 bits per heavy atom. The van der Waals surface area contributed by atoms with E-state index < -0.39 is 13.3 Å². The van der Waals surface area contributed by atoms with Crippen molar-refractivity contribution in [2.45, 2.75) is 25.2 Å². The van der Waals surface area contributed by atoms with Gasteiger partial charge in [-0.3, -0.25) is 0 Å². The molecule has 66 valence electrons. The molecule has 0 spiro atoms. The summed E-state index contributed by atoms with van der Waals surface area (Å²) in [7, 11) is 1.79. The maximum atomic E-state index is 11.8. The highest BCUT2D eigenvalue weighted by molar-refractivity contribution is 6.58. The van der Waals surface area contributed by atoms with Crippen molar-refractivity contribution in [3.8, 4) is 0 Å². The van der Waals surface area contributed by atoms with E-state index in [0.717, 1.165) is 0 Å². The zero-order chi connectivity index (χ0) is 8.48. The molecule has 1 saturated carbocycles. The van der Waals surface area contributed by atoms with Gasteiger partial charge in [-0.2, -0.15) is 0 Å². The minimum absolute atomic E-state index is 0.104. The zero-order valence-corrected chi connectivity index (χ0v) is 6.49. The molecule has 0 unspecified atom stereocenters. The van der Waals surface area contributed by atoms with E-state index in [0.29, 0.717) is 18.9 Å². The molecule has 1 aliphatic rings. The summed E-state index contributed by atoms with van der Waals surface area (Å²) < 4.78 is 35.4. The molecule has 0 bridgehead atoms. The van der Waals surface area contributed by atoms with E-state index in [1.807, 2.05) is 0 Å². The normalized spacial score (nSPS) is 31.6. The van der Waals surface area contributed by atoms with Crippen LogP contribution in [0.2, 0.25) is 6.32 Å². The number of hydrogen-bond acceptors (Lipinski definition) is 1. The van der Waals surface area contributed by atoms with Gasteiger partial charge < -0.3 is 18.3 Å². The number of hydrogen-bond donors (Lipinski definition) is 1. The Labute approximate surface area is 64.4 Å². The van der Waals surface area contributed by atoms with Crippen LogP contribution in [-0.2, 0) is 0 Å². The Morgan fingerprint density at radius 3 is 2.27 bits per heavy atom. The topological polar surface area (TPSA) is 12.0 Å².